The summed E-state index contributed by atoms with van der Waals surface area (Å²) in [5.74, 6) is 1.50. The molecule has 0 bridgehead atoms. The molecule has 2 N–H and O–H groups in total. The fourth-order valence-corrected chi connectivity index (χ4v) is 5.06. The second-order valence-electron chi connectivity index (χ2n) is 9.25. The molecule has 4 aromatic carbocycles. The van der Waals surface area contributed by atoms with Gasteiger partial charge >= 0.3 is 0 Å². The zero-order chi connectivity index (χ0) is 24.9. The van der Waals surface area contributed by atoms with Gasteiger partial charge in [-0.25, -0.2) is 0 Å². The van der Waals surface area contributed by atoms with Crippen LogP contribution in [0.5, 0.6) is 11.5 Å². The van der Waals surface area contributed by atoms with Gasteiger partial charge in [-0.05, 0) is 48.1 Å². The summed E-state index contributed by atoms with van der Waals surface area (Å²) in [5.41, 5.74) is 5.99. The molecule has 4 aromatic rings. The molecular formula is C32H31NO3. The largest absolute Gasteiger partial charge is 0.457 e. The summed E-state index contributed by atoms with van der Waals surface area (Å²) >= 11 is 0. The van der Waals surface area contributed by atoms with Gasteiger partial charge in [0.15, 0.2) is 0 Å². The second kappa shape index (κ2) is 10.8. The number of hydrogen-bond donors (Lipinski definition) is 2. The fourth-order valence-electron chi connectivity index (χ4n) is 5.06. The number of para-hydroxylation sites is 3. The first-order valence-corrected chi connectivity index (χ1v) is 12.6. The van der Waals surface area contributed by atoms with Crippen molar-refractivity contribution in [2.45, 2.75) is 44.6 Å². The Kier molecular flexibility index (Phi) is 7.15. The van der Waals surface area contributed by atoms with Crippen LogP contribution in [0.2, 0.25) is 0 Å². The number of fused-ring (bicyclic) bond motifs is 2. The lowest BCUT2D eigenvalue weighted by molar-refractivity contribution is -0.116. The lowest BCUT2D eigenvalue weighted by atomic mass is 9.85. The first kappa shape index (κ1) is 23.8. The standard InChI is InChI=1S/C32H31NO3/c1-2-22-13-10-14-24(19-20-28(34)23-11-4-3-5-12-23)32(22)33-31(35)21-27-25-15-6-8-17-29(25)36-30-18-9-7-16-26(27)30/h3-18,27-28,34H,2,19-21H2,1H3,(H,33,35). The lowest BCUT2D eigenvalue weighted by Crippen LogP contribution is -2.20. The van der Waals surface area contributed by atoms with Crippen molar-refractivity contribution in [1.82, 2.24) is 0 Å². The van der Waals surface area contributed by atoms with Crippen LogP contribution in [-0.4, -0.2) is 11.0 Å². The Morgan fingerprint density at radius 1 is 0.833 bits per heavy atom. The highest BCUT2D eigenvalue weighted by molar-refractivity contribution is 5.93. The van der Waals surface area contributed by atoms with Crippen molar-refractivity contribution in [3.05, 3.63) is 125 Å². The van der Waals surface area contributed by atoms with E-state index in [9.17, 15) is 9.90 Å². The normalized spacial score (nSPS) is 13.3. The van der Waals surface area contributed by atoms with Gasteiger partial charge in [-0.2, -0.15) is 0 Å². The number of aliphatic hydroxyl groups is 1. The minimum Gasteiger partial charge on any atom is -0.457 e. The van der Waals surface area contributed by atoms with Gasteiger partial charge in [0.2, 0.25) is 5.91 Å². The molecule has 1 aliphatic rings. The Balaban J connectivity index is 1.36. The molecule has 0 saturated carbocycles. The molecule has 1 unspecified atom stereocenters. The number of anilines is 1. The van der Waals surface area contributed by atoms with Crippen LogP contribution in [0, 0.1) is 0 Å². The van der Waals surface area contributed by atoms with E-state index in [-0.39, 0.29) is 11.8 Å². The third-order valence-electron chi connectivity index (χ3n) is 6.95. The Morgan fingerprint density at radius 3 is 2.11 bits per heavy atom. The van der Waals surface area contributed by atoms with Crippen LogP contribution in [0.1, 0.15) is 59.6 Å². The van der Waals surface area contributed by atoms with Gasteiger partial charge in [-0.1, -0.05) is 91.9 Å². The summed E-state index contributed by atoms with van der Waals surface area (Å²) in [7, 11) is 0. The molecule has 1 amide bonds. The quantitative estimate of drug-likeness (QED) is 0.283. The number of carbonyl (C=O) groups excluding carboxylic acids is 1. The average molecular weight is 478 g/mol. The van der Waals surface area contributed by atoms with Crippen molar-refractivity contribution in [2.24, 2.45) is 0 Å². The number of carbonyl (C=O) groups is 1. The highest BCUT2D eigenvalue weighted by Gasteiger charge is 2.29. The molecule has 0 spiro atoms. The minimum atomic E-state index is -0.546. The maximum absolute atomic E-state index is 13.5. The second-order valence-corrected chi connectivity index (χ2v) is 9.25. The molecule has 36 heavy (non-hydrogen) atoms. The number of benzene rings is 4. The van der Waals surface area contributed by atoms with E-state index < -0.39 is 6.10 Å². The Hall–Kier alpha value is -3.89. The van der Waals surface area contributed by atoms with Crippen molar-refractivity contribution >= 4 is 11.6 Å². The van der Waals surface area contributed by atoms with Gasteiger partial charge in [0.05, 0.1) is 6.10 Å². The number of aryl methyl sites for hydroxylation is 2. The molecule has 0 aromatic heterocycles. The van der Waals surface area contributed by atoms with Gasteiger partial charge < -0.3 is 15.2 Å². The molecule has 0 fully saturated rings. The van der Waals surface area contributed by atoms with Crippen molar-refractivity contribution in [2.75, 3.05) is 5.32 Å². The third-order valence-corrected chi connectivity index (χ3v) is 6.95. The first-order valence-electron chi connectivity index (χ1n) is 12.6. The molecule has 0 aliphatic carbocycles. The van der Waals surface area contributed by atoms with E-state index in [0.717, 1.165) is 51.4 Å². The predicted octanol–water partition coefficient (Wildman–Crippen LogP) is 7.18. The van der Waals surface area contributed by atoms with Gasteiger partial charge in [0, 0.05) is 29.2 Å². The third kappa shape index (κ3) is 5.05. The molecule has 0 radical (unpaired) electrons. The molecule has 4 nitrogen and oxygen atoms in total. The van der Waals surface area contributed by atoms with Crippen molar-refractivity contribution < 1.29 is 14.6 Å². The Labute approximate surface area is 212 Å². The molecule has 182 valence electrons. The van der Waals surface area contributed by atoms with Crippen LogP contribution < -0.4 is 10.1 Å². The van der Waals surface area contributed by atoms with Crippen LogP contribution in [0.25, 0.3) is 0 Å². The van der Waals surface area contributed by atoms with E-state index in [0.29, 0.717) is 19.3 Å². The SMILES string of the molecule is CCc1cccc(CCC(O)c2ccccc2)c1NC(=O)CC1c2ccccc2Oc2ccccc21. The molecule has 1 atom stereocenters. The van der Waals surface area contributed by atoms with Crippen molar-refractivity contribution in [3.63, 3.8) is 0 Å². The van der Waals surface area contributed by atoms with Crippen LogP contribution >= 0.6 is 0 Å². The Morgan fingerprint density at radius 2 is 1.44 bits per heavy atom. The van der Waals surface area contributed by atoms with Crippen LogP contribution in [0.15, 0.2) is 97.1 Å². The van der Waals surface area contributed by atoms with E-state index in [1.807, 2.05) is 91.0 Å². The van der Waals surface area contributed by atoms with E-state index in [2.05, 4.69) is 18.3 Å². The number of nitrogens with one attached hydrogen (secondary N) is 1. The number of amides is 1. The molecule has 1 aliphatic heterocycles. The Bertz CT molecular complexity index is 1300. The van der Waals surface area contributed by atoms with E-state index in [1.165, 1.54) is 0 Å². The minimum absolute atomic E-state index is 0.0303. The van der Waals surface area contributed by atoms with Gasteiger partial charge in [0.25, 0.3) is 0 Å². The topological polar surface area (TPSA) is 58.6 Å². The van der Waals surface area contributed by atoms with E-state index >= 15 is 0 Å². The lowest BCUT2D eigenvalue weighted by Gasteiger charge is -2.28. The van der Waals surface area contributed by atoms with Crippen LogP contribution in [-0.2, 0) is 17.6 Å². The fraction of sp³-hybridized carbons (Fsp3) is 0.219. The molecular weight excluding hydrogens is 446 g/mol. The van der Waals surface area contributed by atoms with Crippen LogP contribution in [0.3, 0.4) is 0 Å². The maximum Gasteiger partial charge on any atom is 0.225 e. The van der Waals surface area contributed by atoms with Gasteiger partial charge in [0.1, 0.15) is 11.5 Å². The zero-order valence-corrected chi connectivity index (χ0v) is 20.5. The highest BCUT2D eigenvalue weighted by atomic mass is 16.5. The van der Waals surface area contributed by atoms with Crippen molar-refractivity contribution in [1.29, 1.82) is 0 Å². The highest BCUT2D eigenvalue weighted by Crippen LogP contribution is 2.45. The first-order chi connectivity index (χ1) is 17.6. The summed E-state index contributed by atoms with van der Waals surface area (Å²) in [5, 5.41) is 13.9. The summed E-state index contributed by atoms with van der Waals surface area (Å²) in [4.78, 5) is 13.5. The average Bonchev–Trinajstić information content (AvgIpc) is 2.92. The summed E-state index contributed by atoms with van der Waals surface area (Å²) in [6.07, 6.45) is 1.84. The van der Waals surface area contributed by atoms with Crippen molar-refractivity contribution in [3.8, 4) is 11.5 Å². The molecule has 5 rings (SSSR count). The number of ether oxygens (including phenoxy) is 1. The van der Waals surface area contributed by atoms with E-state index in [1.54, 1.807) is 0 Å². The molecule has 4 heteroatoms. The molecule has 0 saturated heterocycles. The van der Waals surface area contributed by atoms with Gasteiger partial charge in [-0.15, -0.1) is 0 Å². The number of aliphatic hydroxyl groups excluding tert-OH is 1. The summed E-state index contributed by atoms with van der Waals surface area (Å²) < 4.78 is 6.10. The van der Waals surface area contributed by atoms with Gasteiger partial charge in [-0.3, -0.25) is 4.79 Å². The predicted molar refractivity (Wildman–Crippen MR) is 144 cm³/mol. The maximum atomic E-state index is 13.5. The number of rotatable bonds is 8. The summed E-state index contributed by atoms with van der Waals surface area (Å²) in [6.45, 7) is 2.10. The molecule has 1 heterocycles. The smallest absolute Gasteiger partial charge is 0.225 e. The van der Waals surface area contributed by atoms with E-state index in [4.69, 9.17) is 4.74 Å². The van der Waals surface area contributed by atoms with Crippen LogP contribution in [0.4, 0.5) is 5.69 Å². The zero-order valence-electron chi connectivity index (χ0n) is 20.5. The monoisotopic (exact) mass is 477 g/mol. The summed E-state index contributed by atoms with van der Waals surface area (Å²) in [6, 6.07) is 31.7. The number of hydrogen-bond acceptors (Lipinski definition) is 3.